The molecule has 8 atom stereocenters. The Bertz CT molecular complexity index is 506. The van der Waals surface area contributed by atoms with Crippen LogP contribution in [-0.4, -0.2) is 11.8 Å². The summed E-state index contributed by atoms with van der Waals surface area (Å²) >= 11 is 0. The number of hydrogen-bond donors (Lipinski definition) is 0. The minimum absolute atomic E-state index is 0.315. The summed E-state index contributed by atoms with van der Waals surface area (Å²) < 4.78 is 15.0. The third kappa shape index (κ3) is 3.24. The number of rotatable bonds is 5. The summed E-state index contributed by atoms with van der Waals surface area (Å²) in [4.78, 5) is 0. The van der Waals surface area contributed by atoms with Crippen molar-refractivity contribution in [2.45, 2.75) is 86.0 Å². The highest BCUT2D eigenvalue weighted by atomic mass is 31.1. The second-order valence-electron chi connectivity index (χ2n) is 10.3. The van der Waals surface area contributed by atoms with Crippen LogP contribution in [0.1, 0.15) is 74.1 Å². The van der Waals surface area contributed by atoms with Crippen LogP contribution in [0.3, 0.4) is 0 Å². The van der Waals surface area contributed by atoms with E-state index >= 15 is 4.39 Å². The highest BCUT2D eigenvalue weighted by molar-refractivity contribution is 7.44. The summed E-state index contributed by atoms with van der Waals surface area (Å²) in [5, 5.41) is 1.72. The number of fused-ring (bicyclic) bond motifs is 1. The van der Waals surface area contributed by atoms with Crippen LogP contribution < -0.4 is 0 Å². The maximum Gasteiger partial charge on any atom is 0.107 e. The van der Waals surface area contributed by atoms with Gasteiger partial charge in [0.2, 0.25) is 0 Å². The van der Waals surface area contributed by atoms with Crippen molar-refractivity contribution >= 4 is 8.58 Å². The van der Waals surface area contributed by atoms with Crippen molar-refractivity contribution in [3.05, 3.63) is 10.9 Å². The van der Waals surface area contributed by atoms with Crippen molar-refractivity contribution in [1.82, 2.24) is 0 Å². The van der Waals surface area contributed by atoms with Crippen LogP contribution in [0.25, 0.3) is 0 Å². The quantitative estimate of drug-likeness (QED) is 0.465. The van der Waals surface area contributed by atoms with E-state index in [1.165, 1.54) is 12.8 Å². The first kappa shape index (κ1) is 18.9. The molecule has 0 aromatic carbocycles. The fraction of sp³-hybridized carbons (Fsp3) is 0.909. The Labute approximate surface area is 151 Å². The van der Waals surface area contributed by atoms with Gasteiger partial charge in [-0.15, -0.1) is 0 Å². The molecule has 0 radical (unpaired) electrons. The Kier molecular flexibility index (Phi) is 5.25. The molecule has 3 saturated carbocycles. The van der Waals surface area contributed by atoms with Gasteiger partial charge in [-0.05, 0) is 77.6 Å². The van der Waals surface area contributed by atoms with E-state index in [0.29, 0.717) is 28.8 Å². The van der Waals surface area contributed by atoms with Crippen molar-refractivity contribution in [2.24, 2.45) is 40.9 Å². The van der Waals surface area contributed by atoms with Gasteiger partial charge in [-0.1, -0.05) is 62.6 Å². The topological polar surface area (TPSA) is 0 Å². The van der Waals surface area contributed by atoms with E-state index in [1.54, 1.807) is 10.9 Å². The molecular weight excluding hydrogens is 314 g/mol. The molecule has 0 heterocycles. The lowest BCUT2D eigenvalue weighted by molar-refractivity contribution is -0.0155. The fourth-order valence-electron chi connectivity index (χ4n) is 5.73. The minimum atomic E-state index is -0.534. The lowest BCUT2D eigenvalue weighted by Crippen LogP contribution is -2.43. The Morgan fingerprint density at radius 1 is 1.25 bits per heavy atom. The van der Waals surface area contributed by atoms with E-state index in [4.69, 9.17) is 0 Å². The van der Waals surface area contributed by atoms with Crippen LogP contribution in [0.15, 0.2) is 10.9 Å². The van der Waals surface area contributed by atoms with Crippen molar-refractivity contribution in [2.75, 3.05) is 0 Å². The lowest BCUT2D eigenvalue weighted by Gasteiger charge is -2.48. The normalized spacial score (nSPS) is 44.4. The zero-order valence-corrected chi connectivity index (χ0v) is 17.8. The van der Waals surface area contributed by atoms with E-state index in [-0.39, 0.29) is 0 Å². The monoisotopic (exact) mass is 352 g/mol. The summed E-state index contributed by atoms with van der Waals surface area (Å²) in [7, 11) is 0.853. The van der Waals surface area contributed by atoms with Gasteiger partial charge in [0.05, 0.1) is 0 Å². The van der Waals surface area contributed by atoms with Gasteiger partial charge in [-0.25, -0.2) is 4.39 Å². The van der Waals surface area contributed by atoms with E-state index < -0.39 is 6.17 Å². The van der Waals surface area contributed by atoms with Gasteiger partial charge in [0, 0.05) is 0 Å². The van der Waals surface area contributed by atoms with E-state index in [0.717, 1.165) is 39.2 Å². The summed E-state index contributed by atoms with van der Waals surface area (Å²) in [6.45, 7) is 16.5. The Morgan fingerprint density at radius 2 is 1.92 bits per heavy atom. The molecule has 2 heteroatoms. The van der Waals surface area contributed by atoms with E-state index in [2.05, 4.69) is 48.5 Å². The van der Waals surface area contributed by atoms with Crippen molar-refractivity contribution in [3.63, 3.8) is 0 Å². The molecule has 0 spiro atoms. The van der Waals surface area contributed by atoms with Crippen LogP contribution in [0.2, 0.25) is 0 Å². The molecule has 0 bridgehead atoms. The first-order valence-electron chi connectivity index (χ1n) is 10.2. The minimum Gasteiger partial charge on any atom is -0.247 e. The molecule has 0 aliphatic heterocycles. The molecule has 0 aromatic heterocycles. The predicted molar refractivity (Wildman–Crippen MR) is 106 cm³/mol. The Morgan fingerprint density at radius 3 is 2.38 bits per heavy atom. The largest absolute Gasteiger partial charge is 0.247 e. The Balaban J connectivity index is 1.69. The van der Waals surface area contributed by atoms with Gasteiger partial charge in [-0.3, -0.25) is 0 Å². The van der Waals surface area contributed by atoms with Crippen LogP contribution >= 0.6 is 8.58 Å². The third-order valence-electron chi connectivity index (χ3n) is 7.62. The molecular formula is C22H38FP. The standard InChI is InChI=1S/C22H38FP/c1-12(2)8-20(16-9-13(3)14(16)4)24-15(5)17-10-19-18(21(17)23)11-22(19,6)7/h12-15,17-19,21,24H,8-11H2,1-7H3/b20-16-. The van der Waals surface area contributed by atoms with Crippen molar-refractivity contribution in [1.29, 1.82) is 0 Å². The fourth-order valence-corrected chi connectivity index (χ4v) is 7.86. The van der Waals surface area contributed by atoms with Crippen molar-refractivity contribution in [3.8, 4) is 0 Å². The van der Waals surface area contributed by atoms with Crippen LogP contribution in [0, 0.1) is 40.9 Å². The van der Waals surface area contributed by atoms with E-state index in [9.17, 15) is 0 Å². The zero-order chi connectivity index (χ0) is 17.8. The first-order chi connectivity index (χ1) is 11.1. The molecule has 0 aromatic rings. The molecule has 24 heavy (non-hydrogen) atoms. The summed E-state index contributed by atoms with van der Waals surface area (Å²) in [5.41, 5.74) is 2.66. The Hall–Kier alpha value is 0.100. The molecule has 0 nitrogen and oxygen atoms in total. The van der Waals surface area contributed by atoms with Crippen molar-refractivity contribution < 1.29 is 4.39 Å². The van der Waals surface area contributed by atoms with Gasteiger partial charge in [0.1, 0.15) is 6.17 Å². The predicted octanol–water partition coefficient (Wildman–Crippen LogP) is 7.05. The summed E-state index contributed by atoms with van der Waals surface area (Å²) in [5.74, 6) is 3.66. The third-order valence-corrected chi connectivity index (χ3v) is 9.37. The van der Waals surface area contributed by atoms with Gasteiger partial charge >= 0.3 is 0 Å². The summed E-state index contributed by atoms with van der Waals surface area (Å²) in [6.07, 6.45) is 4.25. The number of alkyl halides is 1. The smallest absolute Gasteiger partial charge is 0.107 e. The van der Waals surface area contributed by atoms with E-state index in [1.807, 2.05) is 0 Å². The van der Waals surface area contributed by atoms with Crippen LogP contribution in [-0.2, 0) is 0 Å². The molecule has 3 fully saturated rings. The molecule has 3 aliphatic rings. The average molecular weight is 353 g/mol. The zero-order valence-electron chi connectivity index (χ0n) is 16.8. The molecule has 0 saturated heterocycles. The molecule has 0 amide bonds. The van der Waals surface area contributed by atoms with Gasteiger partial charge in [0.25, 0.3) is 0 Å². The number of halogens is 1. The average Bonchev–Trinajstić information content (AvgIpc) is 2.76. The number of allylic oxidation sites excluding steroid dienone is 2. The van der Waals surface area contributed by atoms with Crippen LogP contribution in [0.5, 0.6) is 0 Å². The molecule has 138 valence electrons. The second kappa shape index (κ2) is 6.68. The number of hydrogen-bond acceptors (Lipinski definition) is 0. The highest BCUT2D eigenvalue weighted by Gasteiger charge is 2.58. The molecule has 8 unspecified atom stereocenters. The molecule has 3 aliphatic carbocycles. The van der Waals surface area contributed by atoms with Gasteiger partial charge in [-0.2, -0.15) is 0 Å². The highest BCUT2D eigenvalue weighted by Crippen LogP contribution is 2.63. The van der Waals surface area contributed by atoms with Gasteiger partial charge in [0.15, 0.2) is 0 Å². The van der Waals surface area contributed by atoms with Gasteiger partial charge < -0.3 is 0 Å². The summed E-state index contributed by atoms with van der Waals surface area (Å²) in [6, 6.07) is 0. The lowest BCUT2D eigenvalue weighted by atomic mass is 9.57. The molecule has 3 rings (SSSR count). The maximum absolute atomic E-state index is 15.0. The first-order valence-corrected chi connectivity index (χ1v) is 11.3. The van der Waals surface area contributed by atoms with Crippen LogP contribution in [0.4, 0.5) is 4.39 Å². The SMILES string of the molecule is CC(C)C/C(PC(C)C1CC2C(CC2(C)C)C1F)=C1\CC(C)C1C. The molecule has 0 N–H and O–H groups in total. The maximum atomic E-state index is 15.0. The second-order valence-corrected chi connectivity index (χ2v) is 12.1.